The molecule has 0 saturated heterocycles. The van der Waals surface area contributed by atoms with Crippen LogP contribution in [0, 0.1) is 0 Å². The molecule has 1 aromatic heterocycles. The Morgan fingerprint density at radius 2 is 2.29 bits per heavy atom. The molecule has 7 heteroatoms. The van der Waals surface area contributed by atoms with Crippen molar-refractivity contribution in [1.82, 2.24) is 14.7 Å². The Kier molecular flexibility index (Phi) is 4.50. The first kappa shape index (κ1) is 13.0. The summed E-state index contributed by atoms with van der Waals surface area (Å²) in [6.45, 7) is 1.96. The van der Waals surface area contributed by atoms with Crippen molar-refractivity contribution in [1.29, 1.82) is 0 Å². The number of hydrogen-bond donors (Lipinski definition) is 2. The molecule has 2 N–H and O–H groups in total. The average molecular weight is 240 g/mol. The molecule has 0 spiro atoms. The van der Waals surface area contributed by atoms with Crippen molar-refractivity contribution in [2.24, 2.45) is 7.05 Å². The van der Waals surface area contributed by atoms with Gasteiger partial charge in [-0.1, -0.05) is 6.92 Å². The van der Waals surface area contributed by atoms with Crippen molar-refractivity contribution >= 4 is 17.8 Å². The van der Waals surface area contributed by atoms with Gasteiger partial charge in [-0.15, -0.1) is 0 Å². The first-order valence-electron chi connectivity index (χ1n) is 5.30. The molecule has 0 aliphatic heterocycles. The predicted octanol–water partition coefficient (Wildman–Crippen LogP) is 0.749. The van der Waals surface area contributed by atoms with E-state index in [0.717, 1.165) is 0 Å². The lowest BCUT2D eigenvalue weighted by Crippen LogP contribution is -2.39. The van der Waals surface area contributed by atoms with Crippen molar-refractivity contribution in [2.45, 2.75) is 13.3 Å². The Morgan fingerprint density at radius 3 is 2.76 bits per heavy atom. The molecule has 0 aliphatic carbocycles. The number of carbonyl (C=O) groups is 2. The number of aliphatic carboxylic acids is 1. The number of hydrogen-bond acceptors (Lipinski definition) is 3. The van der Waals surface area contributed by atoms with Crippen LogP contribution in [0.25, 0.3) is 0 Å². The fourth-order valence-electron chi connectivity index (χ4n) is 1.36. The molecule has 94 valence electrons. The van der Waals surface area contributed by atoms with Crippen molar-refractivity contribution in [3.05, 3.63) is 12.3 Å². The smallest absolute Gasteiger partial charge is 0.323 e. The summed E-state index contributed by atoms with van der Waals surface area (Å²) in [4.78, 5) is 23.6. The molecular formula is C10H16N4O3. The van der Waals surface area contributed by atoms with Gasteiger partial charge in [-0.3, -0.25) is 14.8 Å². The minimum Gasteiger partial charge on any atom is -0.480 e. The van der Waals surface area contributed by atoms with Crippen molar-refractivity contribution in [3.8, 4) is 0 Å². The summed E-state index contributed by atoms with van der Waals surface area (Å²) < 4.78 is 1.55. The summed E-state index contributed by atoms with van der Waals surface area (Å²) in [7, 11) is 1.73. The minimum atomic E-state index is -1.03. The van der Waals surface area contributed by atoms with Gasteiger partial charge in [-0.25, -0.2) is 4.79 Å². The van der Waals surface area contributed by atoms with Gasteiger partial charge in [0.25, 0.3) is 0 Å². The number of nitrogens with one attached hydrogen (secondary N) is 1. The number of amides is 2. The van der Waals surface area contributed by atoms with Crippen LogP contribution in [-0.2, 0) is 11.8 Å². The lowest BCUT2D eigenvalue weighted by Gasteiger charge is -2.19. The van der Waals surface area contributed by atoms with E-state index in [0.29, 0.717) is 18.8 Å². The summed E-state index contributed by atoms with van der Waals surface area (Å²) in [6.07, 6.45) is 2.39. The number of carbonyl (C=O) groups excluding carboxylic acids is 1. The molecule has 0 fully saturated rings. The number of carboxylic acids is 1. The Labute approximate surface area is 99.0 Å². The molecular weight excluding hydrogens is 224 g/mol. The lowest BCUT2D eigenvalue weighted by atomic mass is 10.4. The summed E-state index contributed by atoms with van der Waals surface area (Å²) in [5.41, 5.74) is 0. The van der Waals surface area contributed by atoms with Crippen LogP contribution in [0.4, 0.5) is 10.6 Å². The second-order valence-corrected chi connectivity index (χ2v) is 3.62. The number of aryl methyl sites for hydroxylation is 1. The van der Waals surface area contributed by atoms with E-state index in [2.05, 4.69) is 10.4 Å². The van der Waals surface area contributed by atoms with Crippen LogP contribution in [0.2, 0.25) is 0 Å². The Balaban J connectivity index is 2.61. The number of aromatic nitrogens is 2. The highest BCUT2D eigenvalue weighted by Crippen LogP contribution is 2.03. The van der Waals surface area contributed by atoms with E-state index in [1.165, 1.54) is 4.90 Å². The van der Waals surface area contributed by atoms with E-state index in [1.807, 2.05) is 6.92 Å². The second-order valence-electron chi connectivity index (χ2n) is 3.62. The zero-order valence-electron chi connectivity index (χ0n) is 9.88. The molecule has 0 aliphatic rings. The number of anilines is 1. The quantitative estimate of drug-likeness (QED) is 0.795. The Bertz CT molecular complexity index is 402. The highest BCUT2D eigenvalue weighted by Gasteiger charge is 2.16. The molecule has 0 radical (unpaired) electrons. The van der Waals surface area contributed by atoms with Crippen LogP contribution in [0.3, 0.4) is 0 Å². The van der Waals surface area contributed by atoms with Crippen LogP contribution in [0.15, 0.2) is 12.3 Å². The standard InChI is InChI=1S/C10H16N4O3/c1-3-5-14(7-9(15)16)10(17)11-8-4-6-13(2)12-8/h4,6H,3,5,7H2,1-2H3,(H,15,16)(H,11,12,17). The van der Waals surface area contributed by atoms with Crippen LogP contribution < -0.4 is 5.32 Å². The van der Waals surface area contributed by atoms with Gasteiger partial charge in [0.2, 0.25) is 0 Å². The van der Waals surface area contributed by atoms with Gasteiger partial charge < -0.3 is 10.0 Å². The zero-order valence-corrected chi connectivity index (χ0v) is 9.88. The molecule has 1 heterocycles. The molecule has 0 atom stereocenters. The molecule has 0 unspecified atom stereocenters. The van der Waals surface area contributed by atoms with Crippen LogP contribution in [0.1, 0.15) is 13.3 Å². The fourth-order valence-corrected chi connectivity index (χ4v) is 1.36. The van der Waals surface area contributed by atoms with Gasteiger partial charge in [-0.05, 0) is 6.42 Å². The zero-order chi connectivity index (χ0) is 12.8. The van der Waals surface area contributed by atoms with E-state index in [9.17, 15) is 9.59 Å². The fraction of sp³-hybridized carbons (Fsp3) is 0.500. The molecule has 0 saturated carbocycles. The Hall–Kier alpha value is -2.05. The van der Waals surface area contributed by atoms with Gasteiger partial charge in [-0.2, -0.15) is 5.10 Å². The number of carboxylic acid groups (broad SMARTS) is 1. The van der Waals surface area contributed by atoms with E-state index in [1.54, 1.807) is 24.0 Å². The van der Waals surface area contributed by atoms with E-state index in [4.69, 9.17) is 5.11 Å². The van der Waals surface area contributed by atoms with Crippen LogP contribution in [0.5, 0.6) is 0 Å². The van der Waals surface area contributed by atoms with Gasteiger partial charge in [0.05, 0.1) is 0 Å². The first-order valence-corrected chi connectivity index (χ1v) is 5.30. The van der Waals surface area contributed by atoms with Crippen molar-refractivity contribution in [3.63, 3.8) is 0 Å². The first-order chi connectivity index (χ1) is 8.02. The second kappa shape index (κ2) is 5.88. The van der Waals surface area contributed by atoms with E-state index < -0.39 is 12.0 Å². The summed E-state index contributed by atoms with van der Waals surface area (Å²) >= 11 is 0. The monoisotopic (exact) mass is 240 g/mol. The normalized spacial score (nSPS) is 10.0. The molecule has 1 aromatic rings. The molecule has 1 rings (SSSR count). The summed E-state index contributed by atoms with van der Waals surface area (Å²) in [6, 6.07) is 1.19. The third kappa shape index (κ3) is 4.13. The van der Waals surface area contributed by atoms with Crippen molar-refractivity contribution < 1.29 is 14.7 Å². The number of rotatable bonds is 5. The van der Waals surface area contributed by atoms with Crippen LogP contribution in [-0.4, -0.2) is 44.9 Å². The average Bonchev–Trinajstić information content (AvgIpc) is 2.62. The highest BCUT2D eigenvalue weighted by molar-refractivity contribution is 5.90. The Morgan fingerprint density at radius 1 is 1.59 bits per heavy atom. The molecule has 17 heavy (non-hydrogen) atoms. The highest BCUT2D eigenvalue weighted by atomic mass is 16.4. The largest absolute Gasteiger partial charge is 0.480 e. The van der Waals surface area contributed by atoms with Crippen LogP contribution >= 0.6 is 0 Å². The third-order valence-corrected chi connectivity index (χ3v) is 2.06. The van der Waals surface area contributed by atoms with E-state index in [-0.39, 0.29) is 6.54 Å². The molecule has 0 aromatic carbocycles. The van der Waals surface area contributed by atoms with Gasteiger partial charge in [0, 0.05) is 25.9 Å². The molecule has 7 nitrogen and oxygen atoms in total. The maximum absolute atomic E-state index is 11.7. The number of urea groups is 1. The van der Waals surface area contributed by atoms with Gasteiger partial charge in [0.1, 0.15) is 6.54 Å². The number of nitrogens with zero attached hydrogens (tertiary/aromatic N) is 3. The predicted molar refractivity (Wildman–Crippen MR) is 61.7 cm³/mol. The van der Waals surface area contributed by atoms with Gasteiger partial charge >= 0.3 is 12.0 Å². The topological polar surface area (TPSA) is 87.5 Å². The summed E-state index contributed by atoms with van der Waals surface area (Å²) in [5.74, 6) is -0.626. The minimum absolute atomic E-state index is 0.313. The SMILES string of the molecule is CCCN(CC(=O)O)C(=O)Nc1ccn(C)n1. The van der Waals surface area contributed by atoms with Gasteiger partial charge in [0.15, 0.2) is 5.82 Å². The third-order valence-electron chi connectivity index (χ3n) is 2.06. The van der Waals surface area contributed by atoms with Crippen molar-refractivity contribution in [2.75, 3.05) is 18.4 Å². The lowest BCUT2D eigenvalue weighted by molar-refractivity contribution is -0.137. The molecule has 0 bridgehead atoms. The summed E-state index contributed by atoms with van der Waals surface area (Å²) in [5, 5.41) is 15.2. The maximum atomic E-state index is 11.7. The maximum Gasteiger partial charge on any atom is 0.323 e. The molecule has 2 amide bonds. The van der Waals surface area contributed by atoms with E-state index >= 15 is 0 Å².